The van der Waals surface area contributed by atoms with Gasteiger partial charge >= 0.3 is 0 Å². The number of benzene rings is 1. The van der Waals surface area contributed by atoms with E-state index < -0.39 is 5.97 Å². The van der Waals surface area contributed by atoms with Crippen molar-refractivity contribution in [1.82, 2.24) is 9.55 Å². The third-order valence-corrected chi connectivity index (χ3v) is 3.33. The molecule has 0 saturated carbocycles. The van der Waals surface area contributed by atoms with Gasteiger partial charge < -0.3 is 14.5 Å². The molecule has 0 aliphatic rings. The fourth-order valence-electron chi connectivity index (χ4n) is 1.76. The lowest BCUT2D eigenvalue weighted by molar-refractivity contribution is -0.297. The van der Waals surface area contributed by atoms with Crippen molar-refractivity contribution >= 4 is 35.2 Å². The van der Waals surface area contributed by atoms with E-state index >= 15 is 0 Å². The molecule has 0 atom stereocenters. The van der Waals surface area contributed by atoms with Crippen LogP contribution in [0.2, 0.25) is 10.0 Å². The Labute approximate surface area is 126 Å². The van der Waals surface area contributed by atoms with Crippen LogP contribution in [0.3, 0.4) is 0 Å². The molecule has 0 amide bonds. The molecule has 0 aliphatic heterocycles. The average Bonchev–Trinajstić information content (AvgIpc) is 2.71. The first-order valence-electron chi connectivity index (χ1n) is 5.82. The van der Waals surface area contributed by atoms with Crippen LogP contribution in [-0.2, 0) is 11.3 Å². The molecule has 0 saturated heterocycles. The zero-order valence-corrected chi connectivity index (χ0v) is 12.1. The van der Waals surface area contributed by atoms with Crippen molar-refractivity contribution < 1.29 is 9.90 Å². The highest BCUT2D eigenvalue weighted by Gasteiger charge is 2.06. The molecule has 0 bridgehead atoms. The number of hydrogen-bond acceptors (Lipinski definition) is 3. The van der Waals surface area contributed by atoms with E-state index in [-0.39, 0.29) is 0 Å². The molecule has 20 heavy (non-hydrogen) atoms. The van der Waals surface area contributed by atoms with Gasteiger partial charge in [-0.2, -0.15) is 0 Å². The first kappa shape index (κ1) is 14.6. The first-order valence-corrected chi connectivity index (χ1v) is 6.58. The summed E-state index contributed by atoms with van der Waals surface area (Å²) in [6.07, 6.45) is 4.09. The SMILES string of the molecule is Cc1nc(/C=C/C(=O)[O-])cn1Cc1ccc(Cl)cc1Cl. The highest BCUT2D eigenvalue weighted by Crippen LogP contribution is 2.22. The molecule has 6 heteroatoms. The number of carbonyl (C=O) groups is 1. The molecule has 0 spiro atoms. The molecule has 1 aromatic carbocycles. The molecular formula is C14H11Cl2N2O2-. The van der Waals surface area contributed by atoms with Gasteiger partial charge in [-0.3, -0.25) is 0 Å². The predicted octanol–water partition coefficient (Wildman–Crippen LogP) is 2.31. The van der Waals surface area contributed by atoms with Gasteiger partial charge in [-0.05, 0) is 36.8 Å². The molecule has 2 rings (SSSR count). The second kappa shape index (κ2) is 6.11. The highest BCUT2D eigenvalue weighted by atomic mass is 35.5. The van der Waals surface area contributed by atoms with E-state index in [1.54, 1.807) is 18.3 Å². The Morgan fingerprint density at radius 3 is 2.85 bits per heavy atom. The zero-order valence-electron chi connectivity index (χ0n) is 10.6. The summed E-state index contributed by atoms with van der Waals surface area (Å²) in [5, 5.41) is 11.5. The van der Waals surface area contributed by atoms with Crippen molar-refractivity contribution in [3.05, 3.63) is 57.6 Å². The zero-order chi connectivity index (χ0) is 14.7. The predicted molar refractivity (Wildman–Crippen MR) is 76.6 cm³/mol. The normalized spacial score (nSPS) is 11.2. The number of halogens is 2. The Morgan fingerprint density at radius 1 is 1.45 bits per heavy atom. The maximum Gasteiger partial charge on any atom is 0.106 e. The number of nitrogens with zero attached hydrogens (tertiary/aromatic N) is 2. The average molecular weight is 310 g/mol. The van der Waals surface area contributed by atoms with Crippen LogP contribution in [0.4, 0.5) is 0 Å². The van der Waals surface area contributed by atoms with Gasteiger partial charge in [0.05, 0.1) is 18.2 Å². The van der Waals surface area contributed by atoms with Crippen molar-refractivity contribution in [2.45, 2.75) is 13.5 Å². The summed E-state index contributed by atoms with van der Waals surface area (Å²) in [5.41, 5.74) is 1.46. The Kier molecular flexibility index (Phi) is 4.47. The lowest BCUT2D eigenvalue weighted by Gasteiger charge is -2.07. The summed E-state index contributed by atoms with van der Waals surface area (Å²) in [4.78, 5) is 14.6. The molecule has 0 fully saturated rings. The summed E-state index contributed by atoms with van der Waals surface area (Å²) in [7, 11) is 0. The van der Waals surface area contributed by atoms with Gasteiger partial charge in [0.2, 0.25) is 0 Å². The lowest BCUT2D eigenvalue weighted by atomic mass is 10.2. The number of aromatic nitrogens is 2. The van der Waals surface area contributed by atoms with Gasteiger partial charge in [0.25, 0.3) is 0 Å². The minimum Gasteiger partial charge on any atom is -0.545 e. The van der Waals surface area contributed by atoms with Crippen LogP contribution in [0.25, 0.3) is 6.08 Å². The van der Waals surface area contributed by atoms with E-state index in [0.717, 1.165) is 17.5 Å². The topological polar surface area (TPSA) is 57.9 Å². The molecule has 2 aromatic rings. The van der Waals surface area contributed by atoms with Crippen molar-refractivity contribution in [1.29, 1.82) is 0 Å². The Balaban J connectivity index is 2.23. The van der Waals surface area contributed by atoms with E-state index in [1.165, 1.54) is 6.08 Å². The van der Waals surface area contributed by atoms with Crippen molar-refractivity contribution in [3.63, 3.8) is 0 Å². The largest absolute Gasteiger partial charge is 0.545 e. The number of aliphatic carboxylic acids is 1. The molecule has 104 valence electrons. The number of imidazole rings is 1. The highest BCUT2D eigenvalue weighted by molar-refractivity contribution is 6.35. The molecule has 1 aromatic heterocycles. The van der Waals surface area contributed by atoms with Crippen LogP contribution in [0.1, 0.15) is 17.1 Å². The Bertz CT molecular complexity index is 678. The second-order valence-corrected chi connectivity index (χ2v) is 5.07. The van der Waals surface area contributed by atoms with Gasteiger partial charge in [-0.25, -0.2) is 4.98 Å². The number of carbonyl (C=O) groups excluding carboxylic acids is 1. The van der Waals surface area contributed by atoms with Gasteiger partial charge in [-0.15, -0.1) is 0 Å². The van der Waals surface area contributed by atoms with Crippen LogP contribution < -0.4 is 5.11 Å². The smallest absolute Gasteiger partial charge is 0.106 e. The second-order valence-electron chi connectivity index (χ2n) is 4.23. The molecule has 0 radical (unpaired) electrons. The Morgan fingerprint density at radius 2 is 2.20 bits per heavy atom. The summed E-state index contributed by atoms with van der Waals surface area (Å²) in [6.45, 7) is 2.37. The number of carboxylic acids is 1. The van der Waals surface area contributed by atoms with Gasteiger partial charge in [0.1, 0.15) is 5.82 Å². The number of carboxylic acid groups (broad SMARTS) is 1. The van der Waals surface area contributed by atoms with Crippen molar-refractivity contribution in [3.8, 4) is 0 Å². The van der Waals surface area contributed by atoms with Crippen LogP contribution in [-0.4, -0.2) is 15.5 Å². The minimum absolute atomic E-state index is 0.536. The quantitative estimate of drug-likeness (QED) is 0.814. The van der Waals surface area contributed by atoms with Crippen LogP contribution in [0, 0.1) is 6.92 Å². The number of hydrogen-bond donors (Lipinski definition) is 0. The summed E-state index contributed by atoms with van der Waals surface area (Å²) < 4.78 is 1.88. The number of aryl methyl sites for hydroxylation is 1. The third-order valence-electron chi connectivity index (χ3n) is 2.74. The fourth-order valence-corrected chi connectivity index (χ4v) is 2.23. The lowest BCUT2D eigenvalue weighted by Crippen LogP contribution is -2.18. The monoisotopic (exact) mass is 309 g/mol. The van der Waals surface area contributed by atoms with E-state index in [4.69, 9.17) is 23.2 Å². The minimum atomic E-state index is -1.25. The fraction of sp³-hybridized carbons (Fsp3) is 0.143. The molecule has 4 nitrogen and oxygen atoms in total. The van der Waals surface area contributed by atoms with Crippen molar-refractivity contribution in [2.75, 3.05) is 0 Å². The van der Waals surface area contributed by atoms with E-state index in [0.29, 0.717) is 22.3 Å². The molecule has 0 N–H and O–H groups in total. The first-order chi connectivity index (χ1) is 9.45. The number of rotatable bonds is 4. The standard InChI is InChI=1S/C14H12Cl2N2O2/c1-9-17-12(4-5-14(19)20)8-18(9)7-10-2-3-11(15)6-13(10)16/h2-6,8H,7H2,1H3,(H,19,20)/p-1/b5-4+. The maximum absolute atomic E-state index is 10.4. The summed E-state index contributed by atoms with van der Waals surface area (Å²) >= 11 is 12.0. The van der Waals surface area contributed by atoms with Crippen LogP contribution in [0.15, 0.2) is 30.5 Å². The van der Waals surface area contributed by atoms with Crippen LogP contribution >= 0.6 is 23.2 Å². The summed E-state index contributed by atoms with van der Waals surface area (Å²) in [6, 6.07) is 5.30. The van der Waals surface area contributed by atoms with Crippen molar-refractivity contribution in [2.24, 2.45) is 0 Å². The molecule has 1 heterocycles. The van der Waals surface area contributed by atoms with E-state index in [2.05, 4.69) is 4.98 Å². The molecule has 0 aliphatic carbocycles. The van der Waals surface area contributed by atoms with E-state index in [9.17, 15) is 9.90 Å². The summed E-state index contributed by atoms with van der Waals surface area (Å²) in [5.74, 6) is -0.494. The molecular weight excluding hydrogens is 299 g/mol. The third kappa shape index (κ3) is 3.62. The Hall–Kier alpha value is -1.78. The van der Waals surface area contributed by atoms with Gasteiger partial charge in [0, 0.05) is 16.2 Å². The van der Waals surface area contributed by atoms with Gasteiger partial charge in [0.15, 0.2) is 0 Å². The van der Waals surface area contributed by atoms with Crippen LogP contribution in [0.5, 0.6) is 0 Å². The maximum atomic E-state index is 10.4. The molecule has 0 unspecified atom stereocenters. The van der Waals surface area contributed by atoms with Gasteiger partial charge in [-0.1, -0.05) is 29.3 Å². The van der Waals surface area contributed by atoms with E-state index in [1.807, 2.05) is 17.6 Å².